The monoisotopic (exact) mass is 375 g/mol. The maximum absolute atomic E-state index is 12.4. The molecule has 1 aromatic heterocycles. The van der Waals surface area contributed by atoms with Crippen LogP contribution in [-0.4, -0.2) is 17.7 Å². The Bertz CT molecular complexity index is 1020. The van der Waals surface area contributed by atoms with Gasteiger partial charge in [-0.05, 0) is 66.9 Å². The van der Waals surface area contributed by atoms with Crippen molar-refractivity contribution in [1.29, 1.82) is 0 Å². The van der Waals surface area contributed by atoms with E-state index in [9.17, 15) is 4.79 Å². The van der Waals surface area contributed by atoms with E-state index in [2.05, 4.69) is 15.6 Å². The fourth-order valence-electron chi connectivity index (χ4n) is 2.90. The van der Waals surface area contributed by atoms with E-state index < -0.39 is 0 Å². The van der Waals surface area contributed by atoms with Gasteiger partial charge in [0.2, 0.25) is 6.79 Å². The molecule has 142 valence electrons. The van der Waals surface area contributed by atoms with Gasteiger partial charge < -0.3 is 20.1 Å². The summed E-state index contributed by atoms with van der Waals surface area (Å²) in [6.07, 6.45) is 1.70. The van der Waals surface area contributed by atoms with Gasteiger partial charge in [0.05, 0.1) is 11.9 Å². The van der Waals surface area contributed by atoms with Crippen LogP contribution in [0.2, 0.25) is 0 Å². The van der Waals surface area contributed by atoms with Crippen LogP contribution in [0.15, 0.2) is 54.7 Å². The average molecular weight is 375 g/mol. The number of carbonyl (C=O) groups is 1. The molecule has 0 unspecified atom stereocenters. The Kier molecular flexibility index (Phi) is 4.85. The normalized spacial score (nSPS) is 11.9. The average Bonchev–Trinajstić information content (AvgIpc) is 3.17. The molecule has 1 aliphatic heterocycles. The zero-order chi connectivity index (χ0) is 19.5. The van der Waals surface area contributed by atoms with E-state index in [1.165, 1.54) is 0 Å². The molecule has 0 saturated heterocycles. The number of aryl methyl sites for hydroxylation is 2. The number of amides is 1. The highest BCUT2D eigenvalue weighted by atomic mass is 16.7. The Balaban J connectivity index is 1.35. The molecule has 3 aromatic rings. The molecule has 0 spiro atoms. The molecule has 28 heavy (non-hydrogen) atoms. The van der Waals surface area contributed by atoms with E-state index >= 15 is 0 Å². The standard InChI is InChI=1S/C22H21N3O3/c1-14-3-5-17(9-15(14)2)22(26)25-21-8-6-18(12-24-21)23-11-16-4-7-19-20(10-16)28-13-27-19/h3-10,12,23H,11,13H2,1-2H3,(H,24,25,26). The van der Waals surface area contributed by atoms with Crippen LogP contribution in [0.1, 0.15) is 27.0 Å². The third kappa shape index (κ3) is 3.91. The van der Waals surface area contributed by atoms with Crippen LogP contribution < -0.4 is 20.1 Å². The first-order valence-electron chi connectivity index (χ1n) is 9.05. The molecule has 6 nitrogen and oxygen atoms in total. The minimum Gasteiger partial charge on any atom is -0.454 e. The lowest BCUT2D eigenvalue weighted by Crippen LogP contribution is -2.13. The van der Waals surface area contributed by atoms with Crippen LogP contribution in [0.3, 0.4) is 0 Å². The SMILES string of the molecule is Cc1ccc(C(=O)Nc2ccc(NCc3ccc4c(c3)OCO4)cn2)cc1C. The lowest BCUT2D eigenvalue weighted by atomic mass is 10.1. The Morgan fingerprint density at radius 1 is 1.00 bits per heavy atom. The summed E-state index contributed by atoms with van der Waals surface area (Å²) in [7, 11) is 0. The number of aromatic nitrogens is 1. The summed E-state index contributed by atoms with van der Waals surface area (Å²) in [5.74, 6) is 1.88. The number of carbonyl (C=O) groups excluding carboxylic acids is 1. The number of pyridine rings is 1. The summed E-state index contributed by atoms with van der Waals surface area (Å²) in [6, 6.07) is 15.2. The zero-order valence-corrected chi connectivity index (χ0v) is 15.8. The van der Waals surface area contributed by atoms with Crippen LogP contribution in [0.4, 0.5) is 11.5 Å². The van der Waals surface area contributed by atoms with Gasteiger partial charge in [-0.15, -0.1) is 0 Å². The smallest absolute Gasteiger partial charge is 0.256 e. The Morgan fingerprint density at radius 2 is 1.86 bits per heavy atom. The van der Waals surface area contributed by atoms with Crippen LogP contribution in [0, 0.1) is 13.8 Å². The van der Waals surface area contributed by atoms with Crippen molar-refractivity contribution in [2.75, 3.05) is 17.4 Å². The first-order valence-corrected chi connectivity index (χ1v) is 9.05. The second kappa shape index (κ2) is 7.60. The molecule has 2 N–H and O–H groups in total. The summed E-state index contributed by atoms with van der Waals surface area (Å²) >= 11 is 0. The van der Waals surface area contributed by atoms with Crippen molar-refractivity contribution < 1.29 is 14.3 Å². The van der Waals surface area contributed by atoms with E-state index in [1.807, 2.05) is 56.3 Å². The minimum atomic E-state index is -0.170. The fourth-order valence-corrected chi connectivity index (χ4v) is 2.90. The maximum atomic E-state index is 12.4. The molecule has 0 radical (unpaired) electrons. The number of anilines is 2. The Morgan fingerprint density at radius 3 is 2.64 bits per heavy atom. The Labute approximate surface area is 163 Å². The van der Waals surface area contributed by atoms with E-state index in [-0.39, 0.29) is 12.7 Å². The molecule has 1 aliphatic rings. The lowest BCUT2D eigenvalue weighted by Gasteiger charge is -2.09. The van der Waals surface area contributed by atoms with Gasteiger partial charge in [0, 0.05) is 12.1 Å². The van der Waals surface area contributed by atoms with Crippen molar-refractivity contribution in [2.24, 2.45) is 0 Å². The molecular formula is C22H21N3O3. The zero-order valence-electron chi connectivity index (χ0n) is 15.8. The van der Waals surface area contributed by atoms with Gasteiger partial charge in [0.1, 0.15) is 5.82 Å². The number of benzene rings is 2. The number of ether oxygens (including phenoxy) is 2. The first kappa shape index (κ1) is 17.9. The molecule has 4 rings (SSSR count). The number of nitrogens with zero attached hydrogens (tertiary/aromatic N) is 1. The Hall–Kier alpha value is -3.54. The summed E-state index contributed by atoms with van der Waals surface area (Å²) in [5.41, 5.74) is 4.81. The van der Waals surface area contributed by atoms with Gasteiger partial charge in [-0.1, -0.05) is 12.1 Å². The molecule has 0 aliphatic carbocycles. The molecular weight excluding hydrogens is 354 g/mol. The number of rotatable bonds is 5. The van der Waals surface area contributed by atoms with Gasteiger partial charge in [-0.25, -0.2) is 4.98 Å². The highest BCUT2D eigenvalue weighted by molar-refractivity contribution is 6.03. The van der Waals surface area contributed by atoms with Crippen LogP contribution in [0.5, 0.6) is 11.5 Å². The third-order valence-corrected chi connectivity index (χ3v) is 4.71. The van der Waals surface area contributed by atoms with E-state index in [0.29, 0.717) is 17.9 Å². The number of nitrogens with one attached hydrogen (secondary N) is 2. The van der Waals surface area contributed by atoms with Crippen LogP contribution >= 0.6 is 0 Å². The highest BCUT2D eigenvalue weighted by Gasteiger charge is 2.13. The minimum absolute atomic E-state index is 0.170. The molecule has 6 heteroatoms. The highest BCUT2D eigenvalue weighted by Crippen LogP contribution is 2.32. The second-order valence-corrected chi connectivity index (χ2v) is 6.73. The van der Waals surface area contributed by atoms with Crippen molar-refractivity contribution in [3.63, 3.8) is 0 Å². The summed E-state index contributed by atoms with van der Waals surface area (Å²) in [6.45, 7) is 4.91. The largest absolute Gasteiger partial charge is 0.454 e. The van der Waals surface area contributed by atoms with Gasteiger partial charge >= 0.3 is 0 Å². The third-order valence-electron chi connectivity index (χ3n) is 4.71. The molecule has 0 fully saturated rings. The summed E-state index contributed by atoms with van der Waals surface area (Å²) in [4.78, 5) is 16.7. The summed E-state index contributed by atoms with van der Waals surface area (Å²) < 4.78 is 10.7. The first-order chi connectivity index (χ1) is 13.6. The number of hydrogen-bond acceptors (Lipinski definition) is 5. The summed E-state index contributed by atoms with van der Waals surface area (Å²) in [5, 5.41) is 6.13. The van der Waals surface area contributed by atoms with Gasteiger partial charge in [-0.3, -0.25) is 4.79 Å². The van der Waals surface area contributed by atoms with Crippen LogP contribution in [0.25, 0.3) is 0 Å². The predicted molar refractivity (Wildman–Crippen MR) is 108 cm³/mol. The maximum Gasteiger partial charge on any atom is 0.256 e. The predicted octanol–water partition coefficient (Wildman–Crippen LogP) is 4.29. The molecule has 0 saturated carbocycles. The molecule has 2 heterocycles. The van der Waals surface area contributed by atoms with Gasteiger partial charge in [0.25, 0.3) is 5.91 Å². The van der Waals surface area contributed by atoms with Crippen LogP contribution in [-0.2, 0) is 6.54 Å². The lowest BCUT2D eigenvalue weighted by molar-refractivity contribution is 0.102. The van der Waals surface area contributed by atoms with Crippen molar-refractivity contribution >= 4 is 17.4 Å². The topological polar surface area (TPSA) is 72.5 Å². The second-order valence-electron chi connectivity index (χ2n) is 6.73. The van der Waals surface area contributed by atoms with E-state index in [0.717, 1.165) is 33.9 Å². The van der Waals surface area contributed by atoms with Crippen molar-refractivity contribution in [1.82, 2.24) is 4.98 Å². The molecule has 1 amide bonds. The van der Waals surface area contributed by atoms with Crippen molar-refractivity contribution in [2.45, 2.75) is 20.4 Å². The molecule has 0 atom stereocenters. The van der Waals surface area contributed by atoms with Crippen molar-refractivity contribution in [3.05, 3.63) is 77.0 Å². The molecule has 0 bridgehead atoms. The molecule has 2 aromatic carbocycles. The van der Waals surface area contributed by atoms with Gasteiger partial charge in [0.15, 0.2) is 11.5 Å². The van der Waals surface area contributed by atoms with E-state index in [1.54, 1.807) is 12.3 Å². The van der Waals surface area contributed by atoms with Crippen molar-refractivity contribution in [3.8, 4) is 11.5 Å². The number of fused-ring (bicyclic) bond motifs is 1. The number of hydrogen-bond donors (Lipinski definition) is 2. The van der Waals surface area contributed by atoms with Gasteiger partial charge in [-0.2, -0.15) is 0 Å². The fraction of sp³-hybridized carbons (Fsp3) is 0.182. The quantitative estimate of drug-likeness (QED) is 0.696. The van der Waals surface area contributed by atoms with E-state index in [4.69, 9.17) is 9.47 Å².